The smallest absolute Gasteiger partial charge is 0.245 e. The Bertz CT molecular complexity index is 392. The summed E-state index contributed by atoms with van der Waals surface area (Å²) in [6.07, 6.45) is 3.19. The van der Waals surface area contributed by atoms with Crippen molar-refractivity contribution in [2.75, 3.05) is 13.2 Å². The second-order valence-corrected chi connectivity index (χ2v) is 5.05. The van der Waals surface area contributed by atoms with Gasteiger partial charge in [-0.05, 0) is 24.8 Å². The number of carbonyl (C=O) groups is 1. The van der Waals surface area contributed by atoms with Crippen molar-refractivity contribution in [2.45, 2.75) is 30.7 Å². The maximum Gasteiger partial charge on any atom is 0.245 e. The number of hydrogen-bond donors (Lipinski definition) is 1. The molecule has 1 amide bonds. The normalized spacial score (nSPS) is 17.0. The van der Waals surface area contributed by atoms with Crippen LogP contribution < -0.4 is 0 Å². The van der Waals surface area contributed by atoms with Crippen LogP contribution in [0.1, 0.15) is 30.2 Å². The quantitative estimate of drug-likeness (QED) is 0.832. The minimum atomic E-state index is -0.654. The summed E-state index contributed by atoms with van der Waals surface area (Å²) in [6.45, 7) is 0.361. The van der Waals surface area contributed by atoms with E-state index in [9.17, 15) is 4.79 Å². The minimum absolute atomic E-state index is 0.0133. The Hall–Kier alpha value is -1.06. The summed E-state index contributed by atoms with van der Waals surface area (Å²) in [5.41, 5.74) is 0.812. The van der Waals surface area contributed by atoms with Crippen molar-refractivity contribution in [2.24, 2.45) is 0 Å². The van der Waals surface area contributed by atoms with Crippen molar-refractivity contribution in [3.05, 3.63) is 35.9 Å². The van der Waals surface area contributed by atoms with E-state index < -0.39 is 5.38 Å². The molecular weight excluding hydrogens is 250 g/mol. The molecule has 4 heteroatoms. The Morgan fingerprint density at radius 3 is 2.56 bits per heavy atom. The summed E-state index contributed by atoms with van der Waals surface area (Å²) < 4.78 is 0. The van der Waals surface area contributed by atoms with Crippen molar-refractivity contribution in [1.29, 1.82) is 0 Å². The highest BCUT2D eigenvalue weighted by Crippen LogP contribution is 2.29. The van der Waals surface area contributed by atoms with E-state index >= 15 is 0 Å². The molecule has 0 saturated heterocycles. The van der Waals surface area contributed by atoms with E-state index in [1.807, 2.05) is 30.3 Å². The monoisotopic (exact) mass is 267 g/mol. The Morgan fingerprint density at radius 1 is 1.39 bits per heavy atom. The molecule has 0 aliphatic heterocycles. The van der Waals surface area contributed by atoms with E-state index in [1.165, 1.54) is 0 Å². The number of aliphatic hydroxyl groups is 1. The number of hydrogen-bond acceptors (Lipinski definition) is 2. The number of halogens is 1. The summed E-state index contributed by atoms with van der Waals surface area (Å²) in [4.78, 5) is 14.1. The van der Waals surface area contributed by atoms with E-state index in [-0.39, 0.29) is 18.6 Å². The molecule has 1 aromatic rings. The molecule has 0 bridgehead atoms. The molecular formula is C14H18ClNO2. The molecule has 1 aliphatic carbocycles. The van der Waals surface area contributed by atoms with Gasteiger partial charge in [-0.25, -0.2) is 0 Å². The number of nitrogens with zero attached hydrogens (tertiary/aromatic N) is 1. The first-order chi connectivity index (χ1) is 8.74. The fourth-order valence-electron chi connectivity index (χ4n) is 2.19. The topological polar surface area (TPSA) is 40.5 Å². The second-order valence-electron chi connectivity index (χ2n) is 4.61. The molecule has 0 radical (unpaired) electrons. The minimum Gasteiger partial charge on any atom is -0.395 e. The number of carbonyl (C=O) groups excluding carboxylic acids is 1. The summed E-state index contributed by atoms with van der Waals surface area (Å²) in [7, 11) is 0. The molecule has 1 fully saturated rings. The van der Waals surface area contributed by atoms with Crippen LogP contribution in [0, 0.1) is 0 Å². The third-order valence-electron chi connectivity index (χ3n) is 3.45. The zero-order valence-corrected chi connectivity index (χ0v) is 11.0. The molecule has 1 saturated carbocycles. The molecule has 0 spiro atoms. The van der Waals surface area contributed by atoms with Crippen molar-refractivity contribution in [3.63, 3.8) is 0 Å². The van der Waals surface area contributed by atoms with E-state index in [4.69, 9.17) is 16.7 Å². The highest BCUT2D eigenvalue weighted by molar-refractivity contribution is 6.30. The zero-order chi connectivity index (χ0) is 13.0. The standard InChI is InChI=1S/C14H18ClNO2/c15-13(11-5-2-1-3-6-11)14(18)16(9-10-17)12-7-4-8-12/h1-3,5-6,12-13,17H,4,7-10H2. The number of benzene rings is 1. The summed E-state index contributed by atoms with van der Waals surface area (Å²) in [5.74, 6) is -0.0957. The van der Waals surface area contributed by atoms with Gasteiger partial charge >= 0.3 is 0 Å². The van der Waals surface area contributed by atoms with Crippen LogP contribution in [-0.2, 0) is 4.79 Å². The number of amides is 1. The van der Waals surface area contributed by atoms with Gasteiger partial charge in [0.05, 0.1) is 6.61 Å². The average Bonchev–Trinajstić information content (AvgIpc) is 2.35. The van der Waals surface area contributed by atoms with Gasteiger partial charge in [-0.3, -0.25) is 4.79 Å². The molecule has 0 heterocycles. The van der Waals surface area contributed by atoms with Crippen molar-refractivity contribution >= 4 is 17.5 Å². The van der Waals surface area contributed by atoms with Crippen molar-refractivity contribution in [1.82, 2.24) is 4.90 Å². The largest absolute Gasteiger partial charge is 0.395 e. The Balaban J connectivity index is 2.07. The zero-order valence-electron chi connectivity index (χ0n) is 10.3. The van der Waals surface area contributed by atoms with Crippen LogP contribution in [0.3, 0.4) is 0 Å². The first-order valence-electron chi connectivity index (χ1n) is 6.34. The van der Waals surface area contributed by atoms with Crippen LogP contribution in [0.15, 0.2) is 30.3 Å². The molecule has 3 nitrogen and oxygen atoms in total. The van der Waals surface area contributed by atoms with Crippen LogP contribution in [0.2, 0.25) is 0 Å². The van der Waals surface area contributed by atoms with Gasteiger partial charge < -0.3 is 10.0 Å². The predicted molar refractivity (Wildman–Crippen MR) is 71.5 cm³/mol. The van der Waals surface area contributed by atoms with E-state index in [1.54, 1.807) is 4.90 Å². The molecule has 2 rings (SSSR count). The lowest BCUT2D eigenvalue weighted by Crippen LogP contribution is -2.46. The molecule has 98 valence electrons. The lowest BCUT2D eigenvalue weighted by atomic mass is 9.91. The van der Waals surface area contributed by atoms with E-state index in [0.29, 0.717) is 6.54 Å². The number of aliphatic hydroxyl groups excluding tert-OH is 1. The molecule has 0 aromatic heterocycles. The third kappa shape index (κ3) is 2.85. The summed E-state index contributed by atoms with van der Waals surface area (Å²) in [6, 6.07) is 9.61. The van der Waals surface area contributed by atoms with Gasteiger partial charge in [-0.1, -0.05) is 30.3 Å². The SMILES string of the molecule is O=C(C(Cl)c1ccccc1)N(CCO)C1CCC1. The first-order valence-corrected chi connectivity index (χ1v) is 6.78. The molecule has 18 heavy (non-hydrogen) atoms. The third-order valence-corrected chi connectivity index (χ3v) is 3.89. The Kier molecular flexibility index (Phi) is 4.61. The first kappa shape index (κ1) is 13.4. The molecule has 1 atom stereocenters. The van der Waals surface area contributed by atoms with Gasteiger partial charge in [0.25, 0.3) is 0 Å². The highest BCUT2D eigenvalue weighted by Gasteiger charge is 2.32. The lowest BCUT2D eigenvalue weighted by Gasteiger charge is -2.38. The van der Waals surface area contributed by atoms with Crippen LogP contribution >= 0.6 is 11.6 Å². The number of alkyl halides is 1. The molecule has 1 N–H and O–H groups in total. The van der Waals surface area contributed by atoms with Gasteiger partial charge in [0, 0.05) is 12.6 Å². The number of rotatable bonds is 5. The van der Waals surface area contributed by atoms with Gasteiger partial charge in [0.15, 0.2) is 0 Å². The molecule has 1 aromatic carbocycles. The Morgan fingerprint density at radius 2 is 2.06 bits per heavy atom. The maximum absolute atomic E-state index is 12.4. The van der Waals surface area contributed by atoms with Gasteiger partial charge in [0.1, 0.15) is 5.38 Å². The fourth-order valence-corrected chi connectivity index (χ4v) is 2.46. The van der Waals surface area contributed by atoms with Crippen LogP contribution in [0.5, 0.6) is 0 Å². The molecule has 1 aliphatic rings. The van der Waals surface area contributed by atoms with Gasteiger partial charge in [-0.2, -0.15) is 0 Å². The summed E-state index contributed by atoms with van der Waals surface area (Å²) >= 11 is 6.24. The Labute approximate surface area is 112 Å². The summed E-state index contributed by atoms with van der Waals surface area (Å²) in [5, 5.41) is 8.42. The van der Waals surface area contributed by atoms with Gasteiger partial charge in [0.2, 0.25) is 5.91 Å². The van der Waals surface area contributed by atoms with Gasteiger partial charge in [-0.15, -0.1) is 11.6 Å². The van der Waals surface area contributed by atoms with Crippen LogP contribution in [-0.4, -0.2) is 35.1 Å². The second kappa shape index (κ2) is 6.21. The van der Waals surface area contributed by atoms with Crippen LogP contribution in [0.25, 0.3) is 0 Å². The lowest BCUT2D eigenvalue weighted by molar-refractivity contribution is -0.135. The molecule has 1 unspecified atom stereocenters. The predicted octanol–water partition coefficient (Wildman–Crippen LogP) is 2.34. The van der Waals surface area contributed by atoms with Crippen molar-refractivity contribution < 1.29 is 9.90 Å². The highest BCUT2D eigenvalue weighted by atomic mass is 35.5. The van der Waals surface area contributed by atoms with E-state index in [0.717, 1.165) is 24.8 Å². The fraction of sp³-hybridized carbons (Fsp3) is 0.500. The van der Waals surface area contributed by atoms with Crippen molar-refractivity contribution in [3.8, 4) is 0 Å². The van der Waals surface area contributed by atoms with E-state index in [2.05, 4.69) is 0 Å². The average molecular weight is 268 g/mol. The maximum atomic E-state index is 12.4. The van der Waals surface area contributed by atoms with Crippen LogP contribution in [0.4, 0.5) is 0 Å².